The molecule has 2 saturated heterocycles. The molecule has 0 aromatic carbocycles. The molecule has 2 aromatic rings. The van der Waals surface area contributed by atoms with Crippen LogP contribution in [0.3, 0.4) is 0 Å². The van der Waals surface area contributed by atoms with Crippen molar-refractivity contribution in [2.24, 2.45) is 17.6 Å². The second-order valence-electron chi connectivity index (χ2n) is 10.4. The monoisotopic (exact) mass is 527 g/mol. The molecule has 2 unspecified atom stereocenters. The molecule has 4 fully saturated rings. The van der Waals surface area contributed by atoms with E-state index in [-0.39, 0.29) is 47.9 Å². The smallest absolute Gasteiger partial charge is 0.228 e. The molecule has 2 aromatic heterocycles. The lowest BCUT2D eigenvalue weighted by molar-refractivity contribution is -0.119. The molecule has 0 spiro atoms. The Hall–Kier alpha value is -3.17. The van der Waals surface area contributed by atoms with Crippen LogP contribution >= 0.6 is 0 Å². The number of hydrogen-bond donors (Lipinski definition) is 3. The van der Waals surface area contributed by atoms with E-state index < -0.39 is 10.0 Å². The maximum absolute atomic E-state index is 12.9. The largest absolute Gasteiger partial charge is 0.369 e. The maximum Gasteiger partial charge on any atom is 0.228 e. The molecule has 11 nitrogen and oxygen atoms in total. The summed E-state index contributed by atoms with van der Waals surface area (Å²) in [5, 5.41) is 12.6. The number of nitrogens with zero attached hydrogens (tertiary/aromatic N) is 4. The van der Waals surface area contributed by atoms with E-state index in [1.165, 1.54) is 0 Å². The molecular formula is C25H33N7O4S. The van der Waals surface area contributed by atoms with Crippen molar-refractivity contribution in [2.45, 2.75) is 63.5 Å². The molecule has 2 bridgehead atoms. The predicted molar refractivity (Wildman–Crippen MR) is 139 cm³/mol. The second-order valence-corrected chi connectivity index (χ2v) is 12.4. The molecule has 4 N–H and O–H groups in total. The standard InChI is InChI=1S/C21H26N6O3S.C4H7NO/c22-8-1-2-10-31(29,30)27-15-5-6-16(27)13-26(12-15)18-11-19(25-21(28)14-3-4-14)24-20-17(18)7-9-23-20;5-4(6)3-1-2-3/h7,9,11,14-16H,1-6,10,12-13H2,(H2,23,24,25,28);3H,1-2H2,(H2,5,6). The van der Waals surface area contributed by atoms with Gasteiger partial charge < -0.3 is 20.9 Å². The van der Waals surface area contributed by atoms with Gasteiger partial charge in [-0.05, 0) is 51.0 Å². The number of nitrogens with two attached hydrogens (primary N) is 1. The number of unbranched alkanes of at least 4 members (excludes halogenated alkanes) is 1. The van der Waals surface area contributed by atoms with Gasteiger partial charge in [-0.25, -0.2) is 13.4 Å². The van der Waals surface area contributed by atoms with Gasteiger partial charge in [0, 0.05) is 61.1 Å². The second kappa shape index (κ2) is 10.3. The lowest BCUT2D eigenvalue weighted by Gasteiger charge is -2.41. The van der Waals surface area contributed by atoms with E-state index in [2.05, 4.69) is 20.2 Å². The number of primary amides is 1. The van der Waals surface area contributed by atoms with Gasteiger partial charge >= 0.3 is 0 Å². The summed E-state index contributed by atoms with van der Waals surface area (Å²) >= 11 is 0. The quantitative estimate of drug-likeness (QED) is 0.442. The van der Waals surface area contributed by atoms with Gasteiger partial charge in [0.1, 0.15) is 11.5 Å². The van der Waals surface area contributed by atoms with Crippen molar-refractivity contribution in [1.82, 2.24) is 14.3 Å². The Labute approximate surface area is 216 Å². The molecule has 2 amide bonds. The molecular weight excluding hydrogens is 494 g/mol. The minimum absolute atomic E-state index is 0.0118. The number of pyridine rings is 1. The van der Waals surface area contributed by atoms with E-state index in [9.17, 15) is 18.0 Å². The van der Waals surface area contributed by atoms with Crippen LogP contribution in [-0.4, -0.2) is 65.4 Å². The summed E-state index contributed by atoms with van der Waals surface area (Å²) in [5.41, 5.74) is 6.54. The zero-order valence-electron chi connectivity index (χ0n) is 20.7. The first-order valence-corrected chi connectivity index (χ1v) is 14.6. The minimum Gasteiger partial charge on any atom is -0.369 e. The zero-order chi connectivity index (χ0) is 26.2. The maximum atomic E-state index is 12.9. The van der Waals surface area contributed by atoms with Gasteiger partial charge in [0.25, 0.3) is 0 Å². The fourth-order valence-electron chi connectivity index (χ4n) is 5.24. The molecule has 37 heavy (non-hydrogen) atoms. The van der Waals surface area contributed by atoms with E-state index in [1.54, 1.807) is 4.31 Å². The summed E-state index contributed by atoms with van der Waals surface area (Å²) in [7, 11) is -3.38. The highest BCUT2D eigenvalue weighted by atomic mass is 32.2. The summed E-state index contributed by atoms with van der Waals surface area (Å²) in [5.74, 6) is 0.774. The molecule has 2 aliphatic carbocycles. The first kappa shape index (κ1) is 25.5. The van der Waals surface area contributed by atoms with Gasteiger partial charge in [-0.15, -0.1) is 0 Å². The highest BCUT2D eigenvalue weighted by Crippen LogP contribution is 2.38. The SMILES string of the molecule is N#CCCCS(=O)(=O)N1C2CCC1CN(c1cc(NC(=O)C3CC3)nc3[nH]ccc13)C2.NC(=O)C1CC1. The Morgan fingerprint density at radius 1 is 1.14 bits per heavy atom. The molecule has 4 heterocycles. The van der Waals surface area contributed by atoms with Gasteiger partial charge in [-0.1, -0.05) is 0 Å². The molecule has 0 radical (unpaired) electrons. The minimum atomic E-state index is -3.38. The summed E-state index contributed by atoms with van der Waals surface area (Å²) in [4.78, 5) is 32.1. The molecule has 4 aliphatic rings. The molecule has 12 heteroatoms. The third-order valence-corrected chi connectivity index (χ3v) is 9.50. The van der Waals surface area contributed by atoms with E-state index in [0.29, 0.717) is 31.0 Å². The van der Waals surface area contributed by atoms with Crippen molar-refractivity contribution in [1.29, 1.82) is 5.26 Å². The number of aromatic amines is 1. The topological polar surface area (TPSA) is 165 Å². The van der Waals surface area contributed by atoms with Gasteiger partial charge in [0.15, 0.2) is 0 Å². The highest BCUT2D eigenvalue weighted by molar-refractivity contribution is 7.89. The van der Waals surface area contributed by atoms with Gasteiger partial charge in [-0.3, -0.25) is 9.59 Å². The summed E-state index contributed by atoms with van der Waals surface area (Å²) in [6.45, 7) is 1.21. The van der Waals surface area contributed by atoms with Crippen LogP contribution in [-0.2, 0) is 19.6 Å². The number of fused-ring (bicyclic) bond motifs is 3. The molecule has 2 atom stereocenters. The Balaban J connectivity index is 0.000000412. The Kier molecular flexibility index (Phi) is 7.09. The average Bonchev–Trinajstić information content (AvgIpc) is 3.78. The van der Waals surface area contributed by atoms with Crippen LogP contribution in [0.15, 0.2) is 18.3 Å². The number of rotatable bonds is 8. The van der Waals surface area contributed by atoms with Crippen molar-refractivity contribution in [3.05, 3.63) is 18.3 Å². The van der Waals surface area contributed by atoms with E-state index in [4.69, 9.17) is 11.0 Å². The predicted octanol–water partition coefficient (Wildman–Crippen LogP) is 2.08. The average molecular weight is 528 g/mol. The first-order chi connectivity index (χ1) is 17.8. The zero-order valence-corrected chi connectivity index (χ0v) is 21.5. The molecule has 2 aliphatic heterocycles. The first-order valence-electron chi connectivity index (χ1n) is 13.0. The number of aromatic nitrogens is 2. The van der Waals surface area contributed by atoms with Crippen LogP contribution in [0.4, 0.5) is 11.5 Å². The Bertz CT molecular complexity index is 1310. The fourth-order valence-corrected chi connectivity index (χ4v) is 7.21. The lowest BCUT2D eigenvalue weighted by Crippen LogP contribution is -2.56. The van der Waals surface area contributed by atoms with Gasteiger partial charge in [0.05, 0.1) is 17.5 Å². The van der Waals surface area contributed by atoms with Crippen LogP contribution in [0.5, 0.6) is 0 Å². The van der Waals surface area contributed by atoms with Crippen LogP contribution < -0.4 is 16.0 Å². The summed E-state index contributed by atoms with van der Waals surface area (Å²) in [6, 6.07) is 5.76. The Morgan fingerprint density at radius 2 is 1.81 bits per heavy atom. The van der Waals surface area contributed by atoms with Crippen LogP contribution in [0.25, 0.3) is 11.0 Å². The van der Waals surface area contributed by atoms with E-state index in [1.807, 2.05) is 24.4 Å². The van der Waals surface area contributed by atoms with Crippen LogP contribution in [0, 0.1) is 23.2 Å². The highest BCUT2D eigenvalue weighted by Gasteiger charge is 2.46. The van der Waals surface area contributed by atoms with Crippen molar-refractivity contribution < 1.29 is 18.0 Å². The van der Waals surface area contributed by atoms with E-state index >= 15 is 0 Å². The molecule has 6 rings (SSSR count). The normalized spacial score (nSPS) is 23.3. The third-order valence-electron chi connectivity index (χ3n) is 7.45. The number of nitriles is 1. The fraction of sp³-hybridized carbons (Fsp3) is 0.600. The van der Waals surface area contributed by atoms with Gasteiger partial charge in [-0.2, -0.15) is 9.57 Å². The number of carbonyl (C=O) groups excluding carboxylic acids is 2. The number of carbonyl (C=O) groups is 2. The molecule has 198 valence electrons. The van der Waals surface area contributed by atoms with Crippen LogP contribution in [0.1, 0.15) is 51.4 Å². The number of anilines is 2. The van der Waals surface area contributed by atoms with Gasteiger partial charge in [0.2, 0.25) is 21.8 Å². The van der Waals surface area contributed by atoms with Crippen molar-refractivity contribution in [2.75, 3.05) is 29.1 Å². The van der Waals surface area contributed by atoms with E-state index in [0.717, 1.165) is 49.6 Å². The van der Waals surface area contributed by atoms with Crippen molar-refractivity contribution in [3.63, 3.8) is 0 Å². The summed E-state index contributed by atoms with van der Waals surface area (Å²) < 4.78 is 27.5. The summed E-state index contributed by atoms with van der Waals surface area (Å²) in [6.07, 6.45) is 8.04. The molecule has 2 saturated carbocycles. The van der Waals surface area contributed by atoms with Crippen LogP contribution in [0.2, 0.25) is 0 Å². The number of piperazine rings is 1. The lowest BCUT2D eigenvalue weighted by atomic mass is 10.1. The number of hydrogen-bond acceptors (Lipinski definition) is 7. The number of amides is 2. The third kappa shape index (κ3) is 5.72. The van der Waals surface area contributed by atoms with Crippen molar-refractivity contribution >= 4 is 44.4 Å². The number of nitrogens with one attached hydrogen (secondary N) is 2. The number of H-pyrrole nitrogens is 1. The number of sulfonamides is 1. The van der Waals surface area contributed by atoms with Crippen molar-refractivity contribution in [3.8, 4) is 6.07 Å². The Morgan fingerprint density at radius 3 is 2.38 bits per heavy atom.